The molecule has 0 spiro atoms. The zero-order valence-corrected chi connectivity index (χ0v) is 15.0. The molecule has 0 heterocycles. The normalized spacial score (nSPS) is 12.4. The molecule has 0 saturated heterocycles. The van der Waals surface area contributed by atoms with Crippen molar-refractivity contribution in [1.82, 2.24) is 0 Å². The maximum atomic E-state index is 12.5. The molecule has 0 fully saturated rings. The molecule has 1 atom stereocenters. The standard InChI is InChI=1S/C19H15F3N2O5/c1-12(18(26)23-15-8-6-14(7-9-15)19(20,21)22)29-17(25)10-5-13-3-2-4-16(11-13)24(27)28/h2-12H,1H3,(H,23,26)/b10-5+. The van der Waals surface area contributed by atoms with Gasteiger partial charge in [0.2, 0.25) is 0 Å². The molecule has 29 heavy (non-hydrogen) atoms. The van der Waals surface area contributed by atoms with Crippen LogP contribution in [-0.2, 0) is 20.5 Å². The van der Waals surface area contributed by atoms with Gasteiger partial charge in [0, 0.05) is 23.9 Å². The Morgan fingerprint density at radius 3 is 2.41 bits per heavy atom. The summed E-state index contributed by atoms with van der Waals surface area (Å²) < 4.78 is 42.5. The summed E-state index contributed by atoms with van der Waals surface area (Å²) in [6.07, 6.45) is -3.42. The number of hydrogen-bond acceptors (Lipinski definition) is 5. The van der Waals surface area contributed by atoms with Crippen molar-refractivity contribution in [2.75, 3.05) is 5.32 Å². The third-order valence-corrected chi connectivity index (χ3v) is 3.63. The van der Waals surface area contributed by atoms with E-state index in [1.807, 2.05) is 0 Å². The third-order valence-electron chi connectivity index (χ3n) is 3.63. The van der Waals surface area contributed by atoms with Crippen LogP contribution in [0.2, 0.25) is 0 Å². The van der Waals surface area contributed by atoms with Gasteiger partial charge in [0.25, 0.3) is 11.6 Å². The first-order chi connectivity index (χ1) is 13.6. The van der Waals surface area contributed by atoms with Crippen LogP contribution in [0, 0.1) is 10.1 Å². The number of benzene rings is 2. The summed E-state index contributed by atoms with van der Waals surface area (Å²) in [5.74, 6) is -1.60. The predicted molar refractivity (Wildman–Crippen MR) is 97.8 cm³/mol. The summed E-state index contributed by atoms with van der Waals surface area (Å²) >= 11 is 0. The molecule has 2 rings (SSSR count). The van der Waals surface area contributed by atoms with Crippen LogP contribution in [0.5, 0.6) is 0 Å². The van der Waals surface area contributed by atoms with Gasteiger partial charge in [-0.15, -0.1) is 0 Å². The van der Waals surface area contributed by atoms with E-state index in [-0.39, 0.29) is 11.4 Å². The van der Waals surface area contributed by atoms with Crippen molar-refractivity contribution in [3.8, 4) is 0 Å². The quantitative estimate of drug-likeness (QED) is 0.334. The molecule has 10 heteroatoms. The summed E-state index contributed by atoms with van der Waals surface area (Å²) in [6.45, 7) is 1.29. The molecule has 0 radical (unpaired) electrons. The van der Waals surface area contributed by atoms with Crippen molar-refractivity contribution in [3.63, 3.8) is 0 Å². The molecule has 0 aromatic heterocycles. The Bertz CT molecular complexity index is 940. The smallest absolute Gasteiger partial charge is 0.416 e. The Hall–Kier alpha value is -3.69. The number of non-ortho nitro benzene ring substituents is 1. The number of hydrogen-bond donors (Lipinski definition) is 1. The van der Waals surface area contributed by atoms with Crippen LogP contribution in [-0.4, -0.2) is 22.9 Å². The maximum absolute atomic E-state index is 12.5. The van der Waals surface area contributed by atoms with Gasteiger partial charge in [0.05, 0.1) is 10.5 Å². The fraction of sp³-hybridized carbons (Fsp3) is 0.158. The number of nitro groups is 1. The van der Waals surface area contributed by atoms with Gasteiger partial charge in [-0.25, -0.2) is 4.79 Å². The Morgan fingerprint density at radius 1 is 1.17 bits per heavy atom. The Kier molecular flexibility index (Phi) is 6.71. The summed E-state index contributed by atoms with van der Waals surface area (Å²) in [4.78, 5) is 34.0. The molecular formula is C19H15F3N2O5. The fourth-order valence-corrected chi connectivity index (χ4v) is 2.16. The molecule has 0 saturated carbocycles. The summed E-state index contributed by atoms with van der Waals surface area (Å²) in [5.41, 5.74) is -0.512. The van der Waals surface area contributed by atoms with Crippen LogP contribution in [0.4, 0.5) is 24.5 Å². The molecule has 1 amide bonds. The second kappa shape index (κ2) is 9.00. The number of nitro benzene ring substituents is 1. The number of amides is 1. The highest BCUT2D eigenvalue weighted by Crippen LogP contribution is 2.29. The molecule has 0 aliphatic rings. The van der Waals surface area contributed by atoms with Gasteiger partial charge in [-0.1, -0.05) is 12.1 Å². The van der Waals surface area contributed by atoms with E-state index in [9.17, 15) is 32.9 Å². The molecule has 2 aromatic rings. The van der Waals surface area contributed by atoms with E-state index in [1.54, 1.807) is 0 Å². The average molecular weight is 408 g/mol. The van der Waals surface area contributed by atoms with E-state index in [0.717, 1.165) is 30.3 Å². The topological polar surface area (TPSA) is 98.5 Å². The second-order valence-corrected chi connectivity index (χ2v) is 5.83. The van der Waals surface area contributed by atoms with Crippen LogP contribution in [0.3, 0.4) is 0 Å². The van der Waals surface area contributed by atoms with Crippen LogP contribution in [0.25, 0.3) is 6.08 Å². The van der Waals surface area contributed by atoms with E-state index in [0.29, 0.717) is 5.56 Å². The van der Waals surface area contributed by atoms with E-state index >= 15 is 0 Å². The minimum atomic E-state index is -4.49. The van der Waals surface area contributed by atoms with E-state index in [4.69, 9.17) is 4.74 Å². The minimum Gasteiger partial charge on any atom is -0.449 e. The van der Waals surface area contributed by atoms with Crippen LogP contribution < -0.4 is 5.32 Å². The lowest BCUT2D eigenvalue weighted by Crippen LogP contribution is -2.29. The van der Waals surface area contributed by atoms with Gasteiger partial charge in [-0.3, -0.25) is 14.9 Å². The number of halogens is 3. The largest absolute Gasteiger partial charge is 0.449 e. The molecule has 152 valence electrons. The van der Waals surface area contributed by atoms with E-state index < -0.39 is 34.6 Å². The second-order valence-electron chi connectivity index (χ2n) is 5.83. The lowest BCUT2D eigenvalue weighted by Gasteiger charge is -2.13. The number of carbonyl (C=O) groups excluding carboxylic acids is 2. The fourth-order valence-electron chi connectivity index (χ4n) is 2.16. The first kappa shape index (κ1) is 21.6. The Morgan fingerprint density at radius 2 is 1.83 bits per heavy atom. The van der Waals surface area contributed by atoms with Gasteiger partial charge in [0.15, 0.2) is 6.10 Å². The molecule has 0 aliphatic carbocycles. The van der Waals surface area contributed by atoms with E-state index in [2.05, 4.69) is 5.32 Å². The molecular weight excluding hydrogens is 393 g/mol. The van der Waals surface area contributed by atoms with Gasteiger partial charge in [0.1, 0.15) is 0 Å². The molecule has 0 aliphatic heterocycles. The van der Waals surface area contributed by atoms with Gasteiger partial charge < -0.3 is 10.1 Å². The number of ether oxygens (including phenoxy) is 1. The minimum absolute atomic E-state index is 0.109. The van der Waals surface area contributed by atoms with Crippen LogP contribution in [0.1, 0.15) is 18.1 Å². The molecule has 1 N–H and O–H groups in total. The number of nitrogens with zero attached hydrogens (tertiary/aromatic N) is 1. The molecule has 0 bridgehead atoms. The van der Waals surface area contributed by atoms with Crippen molar-refractivity contribution < 1.29 is 32.4 Å². The number of esters is 1. The van der Waals surface area contributed by atoms with E-state index in [1.165, 1.54) is 37.3 Å². The Balaban J connectivity index is 1.92. The number of rotatable bonds is 6. The number of nitrogens with one attached hydrogen (secondary N) is 1. The first-order valence-corrected chi connectivity index (χ1v) is 8.17. The lowest BCUT2D eigenvalue weighted by atomic mass is 10.2. The van der Waals surface area contributed by atoms with Crippen molar-refractivity contribution in [1.29, 1.82) is 0 Å². The zero-order valence-electron chi connectivity index (χ0n) is 15.0. The summed E-state index contributed by atoms with van der Waals surface area (Å²) in [5, 5.41) is 13.1. The number of anilines is 1. The number of alkyl halides is 3. The van der Waals surface area contributed by atoms with Gasteiger partial charge in [-0.2, -0.15) is 13.2 Å². The van der Waals surface area contributed by atoms with Crippen LogP contribution in [0.15, 0.2) is 54.6 Å². The molecule has 2 aromatic carbocycles. The van der Waals surface area contributed by atoms with Crippen molar-refractivity contribution in [3.05, 3.63) is 75.8 Å². The van der Waals surface area contributed by atoms with Crippen molar-refractivity contribution in [2.45, 2.75) is 19.2 Å². The van der Waals surface area contributed by atoms with Gasteiger partial charge in [-0.05, 0) is 42.8 Å². The predicted octanol–water partition coefficient (Wildman–Crippen LogP) is 4.20. The van der Waals surface area contributed by atoms with Crippen molar-refractivity contribution >= 4 is 29.3 Å². The summed E-state index contributed by atoms with van der Waals surface area (Å²) in [6, 6.07) is 9.33. The van der Waals surface area contributed by atoms with Crippen molar-refractivity contribution in [2.24, 2.45) is 0 Å². The highest BCUT2D eigenvalue weighted by molar-refractivity contribution is 5.96. The maximum Gasteiger partial charge on any atom is 0.416 e. The van der Waals surface area contributed by atoms with Gasteiger partial charge >= 0.3 is 12.1 Å². The van der Waals surface area contributed by atoms with Crippen LogP contribution >= 0.6 is 0 Å². The highest BCUT2D eigenvalue weighted by atomic mass is 19.4. The monoisotopic (exact) mass is 408 g/mol. The molecule has 7 nitrogen and oxygen atoms in total. The SMILES string of the molecule is CC(OC(=O)/C=C/c1cccc([N+](=O)[O-])c1)C(=O)Nc1ccc(C(F)(F)F)cc1. The third kappa shape index (κ3) is 6.45. The average Bonchev–Trinajstić information content (AvgIpc) is 2.66. The Labute approximate surface area is 162 Å². The highest BCUT2D eigenvalue weighted by Gasteiger charge is 2.30. The molecule has 1 unspecified atom stereocenters. The summed E-state index contributed by atoms with van der Waals surface area (Å²) in [7, 11) is 0. The lowest BCUT2D eigenvalue weighted by molar-refractivity contribution is -0.384. The first-order valence-electron chi connectivity index (χ1n) is 8.17. The number of carbonyl (C=O) groups is 2. The zero-order chi connectivity index (χ0) is 21.6.